The first-order valence-corrected chi connectivity index (χ1v) is 9.56. The van der Waals surface area contributed by atoms with Crippen LogP contribution in [0.4, 0.5) is 16.3 Å². The van der Waals surface area contributed by atoms with Crippen molar-refractivity contribution in [2.24, 2.45) is 0 Å². The summed E-state index contributed by atoms with van der Waals surface area (Å²) in [7, 11) is 0. The molecule has 2 aromatic heterocycles. The van der Waals surface area contributed by atoms with Crippen LogP contribution in [0, 0.1) is 0 Å². The van der Waals surface area contributed by atoms with Crippen molar-refractivity contribution in [2.75, 3.05) is 10.6 Å². The van der Waals surface area contributed by atoms with Crippen molar-refractivity contribution in [3.8, 4) is 0 Å². The molecule has 0 saturated heterocycles. The van der Waals surface area contributed by atoms with Crippen LogP contribution in [0.15, 0.2) is 47.8 Å². The lowest BCUT2D eigenvalue weighted by atomic mass is 10.2. The fraction of sp³-hybridized carbons (Fsp3) is 0.211. The zero-order valence-electron chi connectivity index (χ0n) is 14.6. The molecule has 1 aromatic carbocycles. The van der Waals surface area contributed by atoms with Gasteiger partial charge in [-0.2, -0.15) is 5.10 Å². The molecule has 3 heterocycles. The van der Waals surface area contributed by atoms with Crippen molar-refractivity contribution >= 4 is 34.8 Å². The molecule has 0 unspecified atom stereocenters. The molecule has 138 valence electrons. The Bertz CT molecular complexity index is 936. The first-order valence-electron chi connectivity index (χ1n) is 8.68. The van der Waals surface area contributed by atoms with E-state index in [1.807, 2.05) is 47.8 Å². The molecule has 4 rings (SSSR count). The second-order valence-corrected chi connectivity index (χ2v) is 7.34. The second-order valence-electron chi connectivity index (χ2n) is 6.30. The maximum absolute atomic E-state index is 12.4. The number of hydrogen-bond donors (Lipinski definition) is 3. The molecule has 1 aliphatic rings. The molecular weight excluding hydrogens is 362 g/mol. The molecule has 3 aromatic rings. The van der Waals surface area contributed by atoms with Crippen LogP contribution in [0.25, 0.3) is 0 Å². The highest BCUT2D eigenvalue weighted by Crippen LogP contribution is 2.27. The fourth-order valence-electron chi connectivity index (χ4n) is 3.00. The van der Waals surface area contributed by atoms with Crippen molar-refractivity contribution in [1.29, 1.82) is 0 Å². The molecular formula is C19H19N5O2S. The number of thiophene rings is 1. The number of rotatable bonds is 5. The molecule has 27 heavy (non-hydrogen) atoms. The predicted molar refractivity (Wildman–Crippen MR) is 105 cm³/mol. The van der Waals surface area contributed by atoms with Gasteiger partial charge in [0.1, 0.15) is 5.82 Å². The maximum Gasteiger partial charge on any atom is 0.322 e. The Labute approximate surface area is 160 Å². The maximum atomic E-state index is 12.4. The number of carbonyl (C=O) groups excluding carboxylic acids is 2. The Hall–Kier alpha value is -3.13. The second kappa shape index (κ2) is 7.63. The van der Waals surface area contributed by atoms with Crippen LogP contribution < -0.4 is 10.6 Å². The van der Waals surface area contributed by atoms with Gasteiger partial charge < -0.3 is 15.5 Å². The summed E-state index contributed by atoms with van der Waals surface area (Å²) in [6, 6.07) is 13.1. The average molecular weight is 381 g/mol. The van der Waals surface area contributed by atoms with Gasteiger partial charge in [-0.05, 0) is 30.0 Å². The van der Waals surface area contributed by atoms with Crippen LogP contribution in [0.1, 0.15) is 22.6 Å². The summed E-state index contributed by atoms with van der Waals surface area (Å²) in [6.45, 7) is 0.820. The number of urea groups is 1. The summed E-state index contributed by atoms with van der Waals surface area (Å²) in [5.74, 6) is 0.512. The largest absolute Gasteiger partial charge is 0.322 e. The Kier molecular flexibility index (Phi) is 4.88. The van der Waals surface area contributed by atoms with E-state index in [1.54, 1.807) is 16.2 Å². The number of hydrogen-bond acceptors (Lipinski definition) is 4. The number of aromatic amines is 1. The summed E-state index contributed by atoms with van der Waals surface area (Å²) in [5, 5.41) is 14.9. The normalized spacial score (nSPS) is 12.7. The Balaban J connectivity index is 1.34. The number of benzene rings is 1. The molecule has 7 nitrogen and oxygen atoms in total. The minimum absolute atomic E-state index is 0.0676. The highest BCUT2D eigenvalue weighted by molar-refractivity contribution is 7.09. The number of carbonyl (C=O) groups is 2. The first-order chi connectivity index (χ1) is 13.2. The Morgan fingerprint density at radius 3 is 2.74 bits per heavy atom. The number of aromatic nitrogens is 2. The van der Waals surface area contributed by atoms with Crippen molar-refractivity contribution in [2.45, 2.75) is 25.9 Å². The zero-order chi connectivity index (χ0) is 18.6. The molecule has 1 aliphatic heterocycles. The Morgan fingerprint density at radius 2 is 1.96 bits per heavy atom. The summed E-state index contributed by atoms with van der Waals surface area (Å²) in [4.78, 5) is 27.5. The van der Waals surface area contributed by atoms with E-state index in [9.17, 15) is 9.59 Å². The molecule has 0 spiro atoms. The van der Waals surface area contributed by atoms with Gasteiger partial charge in [-0.25, -0.2) is 4.79 Å². The van der Waals surface area contributed by atoms with E-state index >= 15 is 0 Å². The highest BCUT2D eigenvalue weighted by Gasteiger charge is 2.29. The summed E-state index contributed by atoms with van der Waals surface area (Å²) >= 11 is 1.65. The number of fused-ring (bicyclic) bond motifs is 1. The van der Waals surface area contributed by atoms with E-state index in [0.717, 1.165) is 16.9 Å². The lowest BCUT2D eigenvalue weighted by Gasteiger charge is -2.16. The van der Waals surface area contributed by atoms with Crippen LogP contribution in [-0.4, -0.2) is 27.0 Å². The van der Waals surface area contributed by atoms with Gasteiger partial charge in [-0.1, -0.05) is 24.3 Å². The number of para-hydroxylation sites is 1. The highest BCUT2D eigenvalue weighted by atomic mass is 32.1. The van der Waals surface area contributed by atoms with Gasteiger partial charge in [-0.15, -0.1) is 11.3 Å². The minimum Gasteiger partial charge on any atom is -0.314 e. The van der Waals surface area contributed by atoms with Crippen molar-refractivity contribution in [3.05, 3.63) is 64.0 Å². The third-order valence-electron chi connectivity index (χ3n) is 4.40. The molecule has 0 radical (unpaired) electrons. The first kappa shape index (κ1) is 17.3. The van der Waals surface area contributed by atoms with E-state index in [1.165, 1.54) is 4.88 Å². The summed E-state index contributed by atoms with van der Waals surface area (Å²) < 4.78 is 0. The monoisotopic (exact) mass is 381 g/mol. The summed E-state index contributed by atoms with van der Waals surface area (Å²) in [6.07, 6.45) is 1.12. The Morgan fingerprint density at radius 1 is 1.11 bits per heavy atom. The van der Waals surface area contributed by atoms with Gasteiger partial charge in [0, 0.05) is 22.5 Å². The van der Waals surface area contributed by atoms with E-state index in [0.29, 0.717) is 31.7 Å². The SMILES string of the molecule is O=C(CCc1cccs1)Nc1[nH]nc2c1CN(C(=O)Nc1ccccc1)C2. The molecule has 0 bridgehead atoms. The molecule has 0 fully saturated rings. The predicted octanol–water partition coefficient (Wildman–Crippen LogP) is 3.59. The van der Waals surface area contributed by atoms with Crippen LogP contribution in [0.5, 0.6) is 0 Å². The third kappa shape index (κ3) is 4.01. The molecule has 3 N–H and O–H groups in total. The van der Waals surface area contributed by atoms with Crippen LogP contribution in [0.3, 0.4) is 0 Å². The fourth-order valence-corrected chi connectivity index (χ4v) is 3.70. The number of nitrogens with zero attached hydrogens (tertiary/aromatic N) is 2. The topological polar surface area (TPSA) is 90.1 Å². The molecule has 8 heteroatoms. The third-order valence-corrected chi connectivity index (χ3v) is 5.33. The smallest absolute Gasteiger partial charge is 0.314 e. The molecule has 0 atom stereocenters. The number of aryl methyl sites for hydroxylation is 1. The van der Waals surface area contributed by atoms with Crippen LogP contribution in [0.2, 0.25) is 0 Å². The minimum atomic E-state index is -0.186. The van der Waals surface area contributed by atoms with Crippen LogP contribution in [-0.2, 0) is 24.3 Å². The van der Waals surface area contributed by atoms with Gasteiger partial charge in [0.25, 0.3) is 0 Å². The molecule has 0 saturated carbocycles. The zero-order valence-corrected chi connectivity index (χ0v) is 15.4. The van der Waals surface area contributed by atoms with Crippen molar-refractivity contribution in [3.63, 3.8) is 0 Å². The van der Waals surface area contributed by atoms with Gasteiger partial charge in [0.05, 0.1) is 18.8 Å². The molecule has 0 aliphatic carbocycles. The molecule has 3 amide bonds. The van der Waals surface area contributed by atoms with Gasteiger partial charge in [-0.3, -0.25) is 9.89 Å². The van der Waals surface area contributed by atoms with Crippen LogP contribution >= 0.6 is 11.3 Å². The number of anilines is 2. The van der Waals surface area contributed by atoms with Gasteiger partial charge in [0.2, 0.25) is 5.91 Å². The number of H-pyrrole nitrogens is 1. The summed E-state index contributed by atoms with van der Waals surface area (Å²) in [5.41, 5.74) is 2.39. The number of nitrogens with one attached hydrogen (secondary N) is 3. The van der Waals surface area contributed by atoms with Gasteiger partial charge in [0.15, 0.2) is 0 Å². The quantitative estimate of drug-likeness (QED) is 0.631. The average Bonchev–Trinajstić information content (AvgIpc) is 3.39. The van der Waals surface area contributed by atoms with E-state index in [2.05, 4.69) is 20.8 Å². The van der Waals surface area contributed by atoms with E-state index in [4.69, 9.17) is 0 Å². The van der Waals surface area contributed by atoms with Crippen molar-refractivity contribution in [1.82, 2.24) is 15.1 Å². The standard InChI is InChI=1S/C19H19N5O2S/c25-17(9-8-14-7-4-10-27-14)21-18-15-11-24(12-16(15)22-23-18)19(26)20-13-5-2-1-3-6-13/h1-7,10H,8-9,11-12H2,(H,20,26)(H2,21,22,23,25). The number of amides is 3. The van der Waals surface area contributed by atoms with E-state index in [-0.39, 0.29) is 11.9 Å². The van der Waals surface area contributed by atoms with E-state index < -0.39 is 0 Å². The lowest BCUT2D eigenvalue weighted by Crippen LogP contribution is -2.30. The van der Waals surface area contributed by atoms with Crippen molar-refractivity contribution < 1.29 is 9.59 Å². The lowest BCUT2D eigenvalue weighted by molar-refractivity contribution is -0.116. The van der Waals surface area contributed by atoms with Gasteiger partial charge >= 0.3 is 6.03 Å².